The van der Waals surface area contributed by atoms with E-state index in [-0.39, 0.29) is 28.7 Å². The van der Waals surface area contributed by atoms with Crippen LogP contribution in [0.3, 0.4) is 0 Å². The topological polar surface area (TPSA) is 74.8 Å². The third-order valence-corrected chi connectivity index (χ3v) is 7.65. The average molecular weight is 528 g/mol. The van der Waals surface area contributed by atoms with E-state index in [4.69, 9.17) is 46.4 Å². The molecule has 4 amide bonds. The largest absolute Gasteiger partial charge is 0.332 e. The zero-order valence-corrected chi connectivity index (χ0v) is 20.6. The Morgan fingerprint density at radius 2 is 1.12 bits per heavy atom. The van der Waals surface area contributed by atoms with Crippen LogP contribution in [0.4, 0.5) is 4.79 Å². The van der Waals surface area contributed by atoms with Gasteiger partial charge < -0.3 is 0 Å². The molecule has 0 bridgehead atoms. The average Bonchev–Trinajstić information content (AvgIpc) is 2.75. The summed E-state index contributed by atoms with van der Waals surface area (Å²) >= 11 is 25.1. The molecule has 6 nitrogen and oxygen atoms in total. The number of imide groups is 2. The summed E-state index contributed by atoms with van der Waals surface area (Å²) in [5.74, 6) is -3.49. The molecule has 1 aliphatic carbocycles. The van der Waals surface area contributed by atoms with E-state index in [1.807, 2.05) is 0 Å². The van der Waals surface area contributed by atoms with Gasteiger partial charge in [-0.1, -0.05) is 58.5 Å². The number of carbonyl (C=O) groups excluding carboxylic acids is 4. The van der Waals surface area contributed by atoms with Crippen molar-refractivity contribution >= 4 is 70.0 Å². The van der Waals surface area contributed by atoms with Crippen LogP contribution in [0.15, 0.2) is 36.4 Å². The first kappa shape index (κ1) is 24.0. The SMILES string of the molecule is CN1C(=O)N(C)C(=O)C2(C1=O)[C@@H](c1ccc(Cl)cc1Cl)CC(=O)C[C@H]2c1ccc(Cl)cc1Cl. The van der Waals surface area contributed by atoms with Crippen molar-refractivity contribution < 1.29 is 19.2 Å². The maximum absolute atomic E-state index is 13.9. The van der Waals surface area contributed by atoms with Gasteiger partial charge in [-0.2, -0.15) is 0 Å². The van der Waals surface area contributed by atoms with Crippen molar-refractivity contribution in [2.75, 3.05) is 14.1 Å². The monoisotopic (exact) mass is 526 g/mol. The smallest absolute Gasteiger partial charge is 0.300 e. The van der Waals surface area contributed by atoms with Crippen LogP contribution < -0.4 is 0 Å². The van der Waals surface area contributed by atoms with E-state index < -0.39 is 35.1 Å². The summed E-state index contributed by atoms with van der Waals surface area (Å²) in [6, 6.07) is 8.60. The number of benzene rings is 2. The predicted octanol–water partition coefficient (Wildman–Crippen LogP) is 5.57. The lowest BCUT2D eigenvalue weighted by atomic mass is 9.54. The molecule has 2 fully saturated rings. The van der Waals surface area contributed by atoms with E-state index in [9.17, 15) is 19.2 Å². The molecule has 1 aliphatic heterocycles. The minimum absolute atomic E-state index is 0.115. The Morgan fingerprint density at radius 3 is 1.48 bits per heavy atom. The van der Waals surface area contributed by atoms with Crippen LogP contribution >= 0.6 is 46.4 Å². The minimum Gasteiger partial charge on any atom is -0.300 e. The molecule has 0 radical (unpaired) electrons. The van der Waals surface area contributed by atoms with Crippen LogP contribution in [-0.2, 0) is 14.4 Å². The van der Waals surface area contributed by atoms with Crippen molar-refractivity contribution in [2.45, 2.75) is 24.7 Å². The molecule has 1 heterocycles. The molecular weight excluding hydrogens is 510 g/mol. The standard InChI is InChI=1S/C23H18Cl4N2O4/c1-28-20(31)23(21(32)29(2)22(28)33)16(14-5-3-11(24)7-18(14)26)9-13(30)10-17(23)15-6-4-12(25)8-19(15)27/h3-8,16-17H,9-10H2,1-2H3/t16-,17+. The van der Waals surface area contributed by atoms with Gasteiger partial charge in [-0.15, -0.1) is 0 Å². The molecule has 33 heavy (non-hydrogen) atoms. The summed E-state index contributed by atoms with van der Waals surface area (Å²) in [6.45, 7) is 0. The zero-order valence-electron chi connectivity index (χ0n) is 17.6. The molecule has 0 unspecified atom stereocenters. The second-order valence-electron chi connectivity index (χ2n) is 8.26. The second kappa shape index (κ2) is 8.58. The highest BCUT2D eigenvalue weighted by molar-refractivity contribution is 6.36. The van der Waals surface area contributed by atoms with Gasteiger partial charge in [0.1, 0.15) is 11.2 Å². The fourth-order valence-corrected chi connectivity index (χ4v) is 6.10. The molecule has 2 aromatic carbocycles. The first-order valence-corrected chi connectivity index (χ1v) is 11.5. The highest BCUT2D eigenvalue weighted by Gasteiger charge is 2.66. The van der Waals surface area contributed by atoms with E-state index >= 15 is 0 Å². The van der Waals surface area contributed by atoms with Crippen molar-refractivity contribution in [3.63, 3.8) is 0 Å². The van der Waals surface area contributed by atoms with E-state index in [0.29, 0.717) is 21.2 Å². The van der Waals surface area contributed by atoms with Crippen molar-refractivity contribution in [3.05, 3.63) is 67.6 Å². The van der Waals surface area contributed by atoms with Crippen molar-refractivity contribution in [2.24, 2.45) is 5.41 Å². The van der Waals surface area contributed by atoms with Gasteiger partial charge in [-0.3, -0.25) is 24.2 Å². The van der Waals surface area contributed by atoms with Gasteiger partial charge in [0.15, 0.2) is 0 Å². The van der Waals surface area contributed by atoms with Gasteiger partial charge in [0.05, 0.1) is 0 Å². The summed E-state index contributed by atoms with van der Waals surface area (Å²) in [5, 5.41) is 1.15. The summed E-state index contributed by atoms with van der Waals surface area (Å²) in [5.41, 5.74) is -0.996. The predicted molar refractivity (Wildman–Crippen MR) is 126 cm³/mol. The second-order valence-corrected chi connectivity index (χ2v) is 9.95. The maximum Gasteiger partial charge on any atom is 0.332 e. The van der Waals surface area contributed by atoms with Crippen LogP contribution in [0.25, 0.3) is 0 Å². The Hall–Kier alpha value is -2.12. The number of carbonyl (C=O) groups is 4. The number of nitrogens with zero attached hydrogens (tertiary/aromatic N) is 2. The molecule has 1 saturated carbocycles. The van der Waals surface area contributed by atoms with Crippen LogP contribution in [0, 0.1) is 5.41 Å². The van der Waals surface area contributed by atoms with Crippen molar-refractivity contribution in [3.8, 4) is 0 Å². The van der Waals surface area contributed by atoms with Crippen LogP contribution in [0.5, 0.6) is 0 Å². The first-order valence-electron chi connectivity index (χ1n) is 10.0. The Labute approximate surface area is 210 Å². The zero-order chi connectivity index (χ0) is 24.2. The van der Waals surface area contributed by atoms with E-state index in [1.54, 1.807) is 24.3 Å². The van der Waals surface area contributed by atoms with Gasteiger partial charge in [0.2, 0.25) is 11.8 Å². The molecule has 4 rings (SSSR count). The normalized spacial score (nSPS) is 23.0. The van der Waals surface area contributed by atoms with Gasteiger partial charge in [0.25, 0.3) is 0 Å². The maximum atomic E-state index is 13.9. The number of barbiturate groups is 1. The molecule has 1 saturated heterocycles. The number of rotatable bonds is 2. The van der Waals surface area contributed by atoms with Crippen LogP contribution in [0.2, 0.25) is 20.1 Å². The molecule has 172 valence electrons. The number of urea groups is 1. The first-order chi connectivity index (χ1) is 15.5. The number of hydrogen-bond acceptors (Lipinski definition) is 4. The third-order valence-electron chi connectivity index (χ3n) is 6.53. The molecule has 2 atom stereocenters. The fourth-order valence-electron chi connectivity index (χ4n) is 5.02. The number of Topliss-reactive ketones (excluding diaryl/α,β-unsaturated/α-hetero) is 1. The molecule has 1 spiro atoms. The fraction of sp³-hybridized carbons (Fsp3) is 0.304. The summed E-state index contributed by atoms with van der Waals surface area (Å²) in [4.78, 5) is 55.2. The summed E-state index contributed by atoms with van der Waals surface area (Å²) in [6.07, 6.45) is -0.229. The summed E-state index contributed by atoms with van der Waals surface area (Å²) < 4.78 is 0. The number of hydrogen-bond donors (Lipinski definition) is 0. The quantitative estimate of drug-likeness (QED) is 0.478. The van der Waals surface area contributed by atoms with Gasteiger partial charge in [-0.05, 0) is 35.4 Å². The van der Waals surface area contributed by atoms with E-state index in [1.165, 1.54) is 26.2 Å². The molecule has 0 aromatic heterocycles. The van der Waals surface area contributed by atoms with Crippen LogP contribution in [0.1, 0.15) is 35.8 Å². The highest BCUT2D eigenvalue weighted by atomic mass is 35.5. The third kappa shape index (κ3) is 3.64. The molecule has 2 aromatic rings. The minimum atomic E-state index is -1.83. The Bertz CT molecular complexity index is 1130. The number of amides is 4. The number of ketones is 1. The molecular formula is C23H18Cl4N2O4. The van der Waals surface area contributed by atoms with E-state index in [2.05, 4.69) is 0 Å². The molecule has 10 heteroatoms. The van der Waals surface area contributed by atoms with Crippen molar-refractivity contribution in [1.82, 2.24) is 9.80 Å². The number of halogens is 4. The Balaban J connectivity index is 2.05. The lowest BCUT2D eigenvalue weighted by Gasteiger charge is -2.52. The van der Waals surface area contributed by atoms with Crippen LogP contribution in [-0.4, -0.2) is 47.5 Å². The van der Waals surface area contributed by atoms with Gasteiger partial charge in [-0.25, -0.2) is 4.79 Å². The lowest BCUT2D eigenvalue weighted by Crippen LogP contribution is -2.68. The van der Waals surface area contributed by atoms with Gasteiger partial charge >= 0.3 is 6.03 Å². The lowest BCUT2D eigenvalue weighted by molar-refractivity contribution is -0.163. The Morgan fingerprint density at radius 1 is 0.727 bits per heavy atom. The molecule has 2 aliphatic rings. The van der Waals surface area contributed by atoms with Gasteiger partial charge in [0, 0.05) is 58.9 Å². The molecule has 0 N–H and O–H groups in total. The summed E-state index contributed by atoms with van der Waals surface area (Å²) in [7, 11) is 2.62. The Kier molecular flexibility index (Phi) is 6.25. The highest BCUT2D eigenvalue weighted by Crippen LogP contribution is 2.59. The van der Waals surface area contributed by atoms with Crippen molar-refractivity contribution in [1.29, 1.82) is 0 Å². The van der Waals surface area contributed by atoms with E-state index in [0.717, 1.165) is 9.80 Å².